The van der Waals surface area contributed by atoms with E-state index in [1.165, 1.54) is 31.5 Å². The van der Waals surface area contributed by atoms with Crippen LogP contribution in [0, 0.1) is 13.8 Å². The molecule has 6 nitrogen and oxygen atoms in total. The number of nitrogens with zero attached hydrogens (tertiary/aromatic N) is 2. The first kappa shape index (κ1) is 19.3. The van der Waals surface area contributed by atoms with E-state index < -0.39 is 0 Å². The summed E-state index contributed by atoms with van der Waals surface area (Å²) in [5.41, 5.74) is 4.50. The van der Waals surface area contributed by atoms with Crippen molar-refractivity contribution in [2.24, 2.45) is 0 Å². The maximum absolute atomic E-state index is 12.2. The molecule has 27 heavy (non-hydrogen) atoms. The Morgan fingerprint density at radius 3 is 2.48 bits per heavy atom. The molecule has 2 aromatic rings. The Hall–Kier alpha value is -2.47. The quantitative estimate of drug-likeness (QED) is 0.786. The van der Waals surface area contributed by atoms with E-state index in [-0.39, 0.29) is 11.6 Å². The zero-order valence-electron chi connectivity index (χ0n) is 16.2. The number of carbonyl (C=O) groups is 1. The van der Waals surface area contributed by atoms with E-state index >= 15 is 0 Å². The molecule has 1 fully saturated rings. The third-order valence-corrected chi connectivity index (χ3v) is 5.17. The maximum atomic E-state index is 12.2. The normalized spacial score (nSPS) is 14.4. The molecule has 6 heteroatoms. The zero-order chi connectivity index (χ0) is 19.2. The number of hydrogen-bond acceptors (Lipinski definition) is 4. The van der Waals surface area contributed by atoms with Gasteiger partial charge in [-0.05, 0) is 62.9 Å². The molecule has 144 valence electrons. The van der Waals surface area contributed by atoms with Crippen molar-refractivity contribution in [1.29, 1.82) is 0 Å². The molecule has 0 unspecified atom stereocenters. The van der Waals surface area contributed by atoms with Crippen LogP contribution >= 0.6 is 0 Å². The second kappa shape index (κ2) is 8.95. The van der Waals surface area contributed by atoms with Crippen molar-refractivity contribution >= 4 is 5.91 Å². The largest absolute Gasteiger partial charge is 0.352 e. The summed E-state index contributed by atoms with van der Waals surface area (Å²) in [6.07, 6.45) is 3.56. The van der Waals surface area contributed by atoms with E-state index in [2.05, 4.69) is 44.5 Å². The molecular formula is C21H28N4O2. The van der Waals surface area contributed by atoms with E-state index in [4.69, 9.17) is 0 Å². The van der Waals surface area contributed by atoms with Crippen molar-refractivity contribution in [3.05, 3.63) is 62.8 Å². The number of rotatable bonds is 7. The van der Waals surface area contributed by atoms with Crippen LogP contribution in [0.1, 0.15) is 47.3 Å². The Labute approximate surface area is 160 Å². The van der Waals surface area contributed by atoms with Crippen LogP contribution in [0.25, 0.3) is 0 Å². The number of nitrogens with one attached hydrogen (secondary N) is 2. The zero-order valence-corrected chi connectivity index (χ0v) is 16.2. The summed E-state index contributed by atoms with van der Waals surface area (Å²) in [4.78, 5) is 32.6. The number of amides is 1. The van der Waals surface area contributed by atoms with Gasteiger partial charge in [0.25, 0.3) is 0 Å². The lowest BCUT2D eigenvalue weighted by Gasteiger charge is -2.14. The van der Waals surface area contributed by atoms with Gasteiger partial charge < -0.3 is 10.3 Å². The molecule has 2 N–H and O–H groups in total. The lowest BCUT2D eigenvalue weighted by atomic mass is 10.1. The minimum absolute atomic E-state index is 0.00106. The average Bonchev–Trinajstić information content (AvgIpc) is 3.13. The third-order valence-electron chi connectivity index (χ3n) is 5.17. The van der Waals surface area contributed by atoms with Crippen LogP contribution < -0.4 is 11.0 Å². The Bertz CT molecular complexity index is 810. The number of aromatic amines is 1. The first-order valence-corrected chi connectivity index (χ1v) is 9.64. The van der Waals surface area contributed by atoms with Crippen molar-refractivity contribution in [3.63, 3.8) is 0 Å². The van der Waals surface area contributed by atoms with E-state index in [1.807, 2.05) is 6.92 Å². The Morgan fingerprint density at radius 2 is 1.81 bits per heavy atom. The van der Waals surface area contributed by atoms with Crippen LogP contribution in [0.4, 0.5) is 0 Å². The van der Waals surface area contributed by atoms with E-state index in [9.17, 15) is 9.59 Å². The van der Waals surface area contributed by atoms with Crippen LogP contribution in [-0.4, -0.2) is 33.9 Å². The number of likely N-dealkylation sites (tertiary alicyclic amines) is 1. The topological polar surface area (TPSA) is 78.1 Å². The molecule has 0 radical (unpaired) electrons. The molecule has 1 aliphatic rings. The number of H-pyrrole nitrogens is 1. The Morgan fingerprint density at radius 1 is 1.15 bits per heavy atom. The standard InChI is InChI=1S/C21H28N4O2/c1-15-19(16(2)24-21(27)23-15)9-10-20(26)22-13-17-5-7-18(8-6-17)14-25-11-3-4-12-25/h5-8H,3-4,9-14H2,1-2H3,(H,22,26)(H,23,24,27). The molecule has 0 saturated carbocycles. The van der Waals surface area contributed by atoms with Gasteiger partial charge in [-0.1, -0.05) is 24.3 Å². The minimum Gasteiger partial charge on any atom is -0.352 e. The number of carbonyl (C=O) groups excluding carboxylic acids is 1. The van der Waals surface area contributed by atoms with Crippen molar-refractivity contribution in [2.45, 2.75) is 52.6 Å². The summed E-state index contributed by atoms with van der Waals surface area (Å²) in [6.45, 7) is 7.58. The van der Waals surface area contributed by atoms with Crippen molar-refractivity contribution in [2.75, 3.05) is 13.1 Å². The van der Waals surface area contributed by atoms with E-state index in [0.717, 1.165) is 23.4 Å². The van der Waals surface area contributed by atoms with Gasteiger partial charge in [0.1, 0.15) is 0 Å². The van der Waals surface area contributed by atoms with Gasteiger partial charge in [-0.25, -0.2) is 4.79 Å². The van der Waals surface area contributed by atoms with Crippen molar-refractivity contribution in [3.8, 4) is 0 Å². The van der Waals surface area contributed by atoms with Crippen molar-refractivity contribution < 1.29 is 4.79 Å². The molecule has 1 aliphatic heterocycles. The number of benzene rings is 1. The van der Waals surface area contributed by atoms with Gasteiger partial charge in [-0.2, -0.15) is 4.98 Å². The van der Waals surface area contributed by atoms with Crippen LogP contribution in [-0.2, 0) is 24.3 Å². The van der Waals surface area contributed by atoms with Gasteiger partial charge in [0.2, 0.25) is 5.91 Å². The highest BCUT2D eigenvalue weighted by Crippen LogP contribution is 2.13. The van der Waals surface area contributed by atoms with Crippen LogP contribution in [0.3, 0.4) is 0 Å². The molecule has 1 aromatic heterocycles. The van der Waals surface area contributed by atoms with Gasteiger partial charge >= 0.3 is 5.69 Å². The maximum Gasteiger partial charge on any atom is 0.345 e. The van der Waals surface area contributed by atoms with Gasteiger partial charge in [-0.3, -0.25) is 9.69 Å². The summed E-state index contributed by atoms with van der Waals surface area (Å²) < 4.78 is 0. The highest BCUT2D eigenvalue weighted by Gasteiger charge is 2.12. The second-order valence-corrected chi connectivity index (χ2v) is 7.31. The fourth-order valence-electron chi connectivity index (χ4n) is 3.61. The molecule has 0 spiro atoms. The fraction of sp³-hybridized carbons (Fsp3) is 0.476. The van der Waals surface area contributed by atoms with E-state index in [0.29, 0.717) is 25.1 Å². The third kappa shape index (κ3) is 5.50. The van der Waals surface area contributed by atoms with Crippen LogP contribution in [0.15, 0.2) is 29.1 Å². The highest BCUT2D eigenvalue weighted by atomic mass is 16.1. The first-order chi connectivity index (χ1) is 13.0. The smallest absolute Gasteiger partial charge is 0.345 e. The molecule has 3 rings (SSSR count). The summed E-state index contributed by atoms with van der Waals surface area (Å²) in [6, 6.07) is 8.48. The number of hydrogen-bond donors (Lipinski definition) is 2. The summed E-state index contributed by atoms with van der Waals surface area (Å²) >= 11 is 0. The molecule has 1 saturated heterocycles. The minimum atomic E-state index is -0.341. The molecule has 0 bridgehead atoms. The highest BCUT2D eigenvalue weighted by molar-refractivity contribution is 5.76. The predicted octanol–water partition coefficient (Wildman–Crippen LogP) is 2.23. The number of aromatic nitrogens is 2. The van der Waals surface area contributed by atoms with Crippen LogP contribution in [0.2, 0.25) is 0 Å². The lowest BCUT2D eigenvalue weighted by Crippen LogP contribution is -2.24. The van der Waals surface area contributed by atoms with Gasteiger partial charge in [0.15, 0.2) is 0 Å². The fourth-order valence-corrected chi connectivity index (χ4v) is 3.61. The predicted molar refractivity (Wildman–Crippen MR) is 105 cm³/mol. The molecule has 1 amide bonds. The van der Waals surface area contributed by atoms with Gasteiger partial charge in [-0.15, -0.1) is 0 Å². The average molecular weight is 368 g/mol. The SMILES string of the molecule is Cc1nc(=O)[nH]c(C)c1CCC(=O)NCc1ccc(CN2CCCC2)cc1. The molecule has 2 heterocycles. The molecule has 0 aliphatic carbocycles. The lowest BCUT2D eigenvalue weighted by molar-refractivity contribution is -0.121. The van der Waals surface area contributed by atoms with Gasteiger partial charge in [0.05, 0.1) is 0 Å². The summed E-state index contributed by atoms with van der Waals surface area (Å²) in [5.74, 6) is 0.00106. The second-order valence-electron chi connectivity index (χ2n) is 7.31. The first-order valence-electron chi connectivity index (χ1n) is 9.64. The Kier molecular flexibility index (Phi) is 6.40. The molecular weight excluding hydrogens is 340 g/mol. The van der Waals surface area contributed by atoms with Gasteiger partial charge in [0, 0.05) is 30.9 Å². The van der Waals surface area contributed by atoms with Crippen molar-refractivity contribution in [1.82, 2.24) is 20.2 Å². The van der Waals surface area contributed by atoms with Crippen LogP contribution in [0.5, 0.6) is 0 Å². The van der Waals surface area contributed by atoms with E-state index in [1.54, 1.807) is 6.92 Å². The monoisotopic (exact) mass is 368 g/mol. The molecule has 1 aromatic carbocycles. The molecule has 0 atom stereocenters. The Balaban J connectivity index is 1.45. The summed E-state index contributed by atoms with van der Waals surface area (Å²) in [5, 5.41) is 2.97. The number of aryl methyl sites for hydroxylation is 2. The summed E-state index contributed by atoms with van der Waals surface area (Å²) in [7, 11) is 0.